The summed E-state index contributed by atoms with van der Waals surface area (Å²) in [6.07, 6.45) is 0. The third-order valence-corrected chi connectivity index (χ3v) is 2.83. The molecule has 0 unspecified atom stereocenters. The summed E-state index contributed by atoms with van der Waals surface area (Å²) in [5.41, 5.74) is 0.223. The highest BCUT2D eigenvalue weighted by Crippen LogP contribution is 2.22. The summed E-state index contributed by atoms with van der Waals surface area (Å²) < 4.78 is 13.7. The van der Waals surface area contributed by atoms with Gasteiger partial charge in [-0.15, -0.1) is 0 Å². The van der Waals surface area contributed by atoms with Crippen molar-refractivity contribution in [1.82, 2.24) is 4.98 Å². The van der Waals surface area contributed by atoms with Crippen molar-refractivity contribution in [2.45, 2.75) is 6.92 Å². The molecule has 0 aliphatic rings. The van der Waals surface area contributed by atoms with E-state index in [2.05, 4.69) is 15.6 Å². The first kappa shape index (κ1) is 14.3. The van der Waals surface area contributed by atoms with Gasteiger partial charge in [0.25, 0.3) is 5.91 Å². The Balaban J connectivity index is 2.19. The summed E-state index contributed by atoms with van der Waals surface area (Å²) in [4.78, 5) is 16.2. The molecule has 104 valence electrons. The first-order valence-corrected chi connectivity index (χ1v) is 6.46. The number of carbonyl (C=O) groups is 1. The van der Waals surface area contributed by atoms with Crippen molar-refractivity contribution in [2.75, 3.05) is 17.2 Å². The molecular formula is C14H13ClFN3O. The Morgan fingerprint density at radius 2 is 2.05 bits per heavy atom. The lowest BCUT2D eigenvalue weighted by molar-refractivity contribution is 0.102. The van der Waals surface area contributed by atoms with E-state index in [4.69, 9.17) is 11.6 Å². The predicted molar refractivity (Wildman–Crippen MR) is 77.8 cm³/mol. The fourth-order valence-electron chi connectivity index (χ4n) is 1.63. The van der Waals surface area contributed by atoms with Crippen molar-refractivity contribution in [3.63, 3.8) is 0 Å². The minimum atomic E-state index is -0.662. The molecule has 0 fully saturated rings. The number of hydrogen-bond acceptors (Lipinski definition) is 3. The number of nitrogens with one attached hydrogen (secondary N) is 2. The van der Waals surface area contributed by atoms with Crippen LogP contribution in [0, 0.1) is 5.82 Å². The van der Waals surface area contributed by atoms with Crippen LogP contribution in [0.25, 0.3) is 0 Å². The van der Waals surface area contributed by atoms with Crippen LogP contribution in [0.1, 0.15) is 17.4 Å². The van der Waals surface area contributed by atoms with Gasteiger partial charge >= 0.3 is 0 Å². The van der Waals surface area contributed by atoms with E-state index in [0.29, 0.717) is 12.4 Å². The third-order valence-electron chi connectivity index (χ3n) is 2.54. The molecule has 0 spiro atoms. The average molecular weight is 294 g/mol. The second kappa shape index (κ2) is 6.34. The van der Waals surface area contributed by atoms with E-state index in [0.717, 1.165) is 0 Å². The van der Waals surface area contributed by atoms with E-state index in [9.17, 15) is 9.18 Å². The van der Waals surface area contributed by atoms with Crippen LogP contribution in [0.5, 0.6) is 0 Å². The maximum absolute atomic E-state index is 13.7. The van der Waals surface area contributed by atoms with Crippen LogP contribution in [0.15, 0.2) is 36.4 Å². The van der Waals surface area contributed by atoms with Crippen molar-refractivity contribution in [1.29, 1.82) is 0 Å². The molecule has 0 aliphatic heterocycles. The molecule has 0 aliphatic carbocycles. The highest BCUT2D eigenvalue weighted by atomic mass is 35.5. The smallest absolute Gasteiger partial charge is 0.274 e. The van der Waals surface area contributed by atoms with Crippen molar-refractivity contribution in [3.8, 4) is 0 Å². The summed E-state index contributed by atoms with van der Waals surface area (Å²) in [5, 5.41) is 5.40. The van der Waals surface area contributed by atoms with E-state index in [1.165, 1.54) is 12.1 Å². The molecule has 1 aromatic carbocycles. The first-order valence-electron chi connectivity index (χ1n) is 6.08. The van der Waals surface area contributed by atoms with Crippen LogP contribution in [0.4, 0.5) is 15.9 Å². The van der Waals surface area contributed by atoms with Gasteiger partial charge in [-0.3, -0.25) is 4.79 Å². The number of carbonyl (C=O) groups excluding carboxylic acids is 1. The van der Waals surface area contributed by atoms with Crippen LogP contribution in [0.3, 0.4) is 0 Å². The maximum atomic E-state index is 13.7. The number of pyridine rings is 1. The number of aromatic nitrogens is 1. The van der Waals surface area contributed by atoms with Gasteiger partial charge in [0.05, 0.1) is 10.7 Å². The van der Waals surface area contributed by atoms with Crippen molar-refractivity contribution in [3.05, 3.63) is 52.9 Å². The molecule has 0 atom stereocenters. The van der Waals surface area contributed by atoms with E-state index >= 15 is 0 Å². The lowest BCUT2D eigenvalue weighted by atomic mass is 10.2. The lowest BCUT2D eigenvalue weighted by Crippen LogP contribution is -2.15. The molecule has 2 aromatic rings. The molecule has 1 aromatic heterocycles. The van der Waals surface area contributed by atoms with Gasteiger partial charge in [0.1, 0.15) is 11.5 Å². The standard InChI is InChI=1S/C14H13ClFN3O/c1-2-17-12-8-4-7-11(18-12)14(20)19-10-6-3-5-9(15)13(10)16/h3-8H,2H2,1H3,(H,17,18)(H,19,20). The minimum Gasteiger partial charge on any atom is -0.370 e. The van der Waals surface area contributed by atoms with Gasteiger partial charge in [-0.05, 0) is 31.2 Å². The molecule has 2 rings (SSSR count). The molecule has 1 amide bonds. The fraction of sp³-hybridized carbons (Fsp3) is 0.143. The summed E-state index contributed by atoms with van der Waals surface area (Å²) >= 11 is 5.66. The van der Waals surface area contributed by atoms with Gasteiger partial charge in [-0.25, -0.2) is 9.37 Å². The Morgan fingerprint density at radius 1 is 1.30 bits per heavy atom. The Labute approximate surface area is 121 Å². The predicted octanol–water partition coefficient (Wildman–Crippen LogP) is 3.56. The summed E-state index contributed by atoms with van der Waals surface area (Å²) in [7, 11) is 0. The molecule has 0 saturated heterocycles. The largest absolute Gasteiger partial charge is 0.370 e. The summed E-state index contributed by atoms with van der Waals surface area (Å²) in [6.45, 7) is 2.62. The molecule has 0 radical (unpaired) electrons. The SMILES string of the molecule is CCNc1cccc(C(=O)Nc2cccc(Cl)c2F)n1. The summed E-state index contributed by atoms with van der Waals surface area (Å²) in [5.74, 6) is -0.567. The van der Waals surface area contributed by atoms with Gasteiger partial charge in [-0.1, -0.05) is 23.7 Å². The average Bonchev–Trinajstić information content (AvgIpc) is 2.44. The number of amides is 1. The van der Waals surface area contributed by atoms with Gasteiger partial charge in [-0.2, -0.15) is 0 Å². The fourth-order valence-corrected chi connectivity index (χ4v) is 1.80. The highest BCUT2D eigenvalue weighted by Gasteiger charge is 2.12. The minimum absolute atomic E-state index is 0.0261. The molecule has 4 nitrogen and oxygen atoms in total. The number of halogens is 2. The zero-order valence-electron chi connectivity index (χ0n) is 10.8. The Kier molecular flexibility index (Phi) is 4.53. The molecule has 2 N–H and O–H groups in total. The normalized spacial score (nSPS) is 10.2. The van der Waals surface area contributed by atoms with Crippen LogP contribution in [-0.2, 0) is 0 Å². The maximum Gasteiger partial charge on any atom is 0.274 e. The van der Waals surface area contributed by atoms with Crippen LogP contribution < -0.4 is 10.6 Å². The third kappa shape index (κ3) is 3.24. The number of rotatable bonds is 4. The zero-order chi connectivity index (χ0) is 14.5. The molecule has 6 heteroatoms. The van der Waals surface area contributed by atoms with Gasteiger partial charge in [0.15, 0.2) is 5.82 Å². The van der Waals surface area contributed by atoms with Crippen molar-refractivity contribution < 1.29 is 9.18 Å². The monoisotopic (exact) mass is 293 g/mol. The second-order valence-electron chi connectivity index (χ2n) is 3.99. The topological polar surface area (TPSA) is 54.0 Å². The van der Waals surface area contributed by atoms with E-state index in [-0.39, 0.29) is 16.4 Å². The first-order chi connectivity index (χ1) is 9.61. The number of benzene rings is 1. The molecule has 1 heterocycles. The molecule has 0 bridgehead atoms. The number of nitrogens with zero attached hydrogens (tertiary/aromatic N) is 1. The summed E-state index contributed by atoms with van der Waals surface area (Å²) in [6, 6.07) is 9.42. The van der Waals surface area contributed by atoms with E-state index in [1.54, 1.807) is 24.3 Å². The van der Waals surface area contributed by atoms with Crippen molar-refractivity contribution >= 4 is 29.0 Å². The Morgan fingerprint density at radius 3 is 2.80 bits per heavy atom. The van der Waals surface area contributed by atoms with Gasteiger partial charge < -0.3 is 10.6 Å². The van der Waals surface area contributed by atoms with Gasteiger partial charge in [0, 0.05) is 6.54 Å². The van der Waals surface area contributed by atoms with E-state index in [1.807, 2.05) is 6.92 Å². The van der Waals surface area contributed by atoms with Crippen molar-refractivity contribution in [2.24, 2.45) is 0 Å². The van der Waals surface area contributed by atoms with Crippen LogP contribution >= 0.6 is 11.6 Å². The quantitative estimate of drug-likeness (QED) is 0.906. The number of anilines is 2. The van der Waals surface area contributed by atoms with E-state index < -0.39 is 11.7 Å². The molecule has 0 saturated carbocycles. The highest BCUT2D eigenvalue weighted by molar-refractivity contribution is 6.31. The van der Waals surface area contributed by atoms with Gasteiger partial charge in [0.2, 0.25) is 0 Å². The lowest BCUT2D eigenvalue weighted by Gasteiger charge is -2.08. The Hall–Kier alpha value is -2.14. The molecular weight excluding hydrogens is 281 g/mol. The molecule has 20 heavy (non-hydrogen) atoms. The van der Waals surface area contributed by atoms with Crippen LogP contribution in [-0.4, -0.2) is 17.4 Å². The number of hydrogen-bond donors (Lipinski definition) is 2. The zero-order valence-corrected chi connectivity index (χ0v) is 11.5. The Bertz CT molecular complexity index is 634. The second-order valence-corrected chi connectivity index (χ2v) is 4.40. The van der Waals surface area contributed by atoms with Crippen LogP contribution in [0.2, 0.25) is 5.02 Å².